The van der Waals surface area contributed by atoms with Crippen molar-refractivity contribution in [3.63, 3.8) is 0 Å². The molecule has 0 aliphatic carbocycles. The zero-order valence-electron chi connectivity index (χ0n) is 13.4. The second kappa shape index (κ2) is 6.74. The van der Waals surface area contributed by atoms with Crippen molar-refractivity contribution >= 4 is 34.9 Å². The van der Waals surface area contributed by atoms with E-state index in [0.717, 1.165) is 20.9 Å². The van der Waals surface area contributed by atoms with Crippen LogP contribution in [0, 0.1) is 0 Å². The summed E-state index contributed by atoms with van der Waals surface area (Å²) in [6.07, 6.45) is 1.31. The minimum atomic E-state index is -0.729. The Labute approximate surface area is 140 Å². The van der Waals surface area contributed by atoms with Crippen LogP contribution in [0.2, 0.25) is 0 Å². The van der Waals surface area contributed by atoms with E-state index in [1.807, 2.05) is 0 Å². The normalized spacial score (nSPS) is 10.6. The van der Waals surface area contributed by atoms with Gasteiger partial charge in [0, 0.05) is 21.1 Å². The first-order chi connectivity index (χ1) is 11.3. The number of hydrogen-bond donors (Lipinski definition) is 3. The van der Waals surface area contributed by atoms with Crippen molar-refractivity contribution in [1.82, 2.24) is 19.1 Å². The van der Waals surface area contributed by atoms with Gasteiger partial charge in [0.2, 0.25) is 0 Å². The van der Waals surface area contributed by atoms with Crippen LogP contribution in [0.25, 0.3) is 0 Å². The molecule has 0 fully saturated rings. The number of thioether (sulfide) groups is 1. The lowest BCUT2D eigenvalue weighted by atomic mass is 10.2. The minimum Gasteiger partial charge on any atom is -0.394 e. The van der Waals surface area contributed by atoms with E-state index in [9.17, 15) is 14.4 Å². The van der Waals surface area contributed by atoms with Gasteiger partial charge in [-0.25, -0.2) is 14.8 Å². The topological polar surface area (TPSA) is 151 Å². The maximum atomic E-state index is 12.4. The van der Waals surface area contributed by atoms with E-state index in [4.69, 9.17) is 11.5 Å². The zero-order valence-corrected chi connectivity index (χ0v) is 14.2. The average molecular weight is 351 g/mol. The second-order valence-corrected chi connectivity index (χ2v) is 5.83. The molecular formula is C13H17N7O3S. The molecule has 0 radical (unpaired) electrons. The third kappa shape index (κ3) is 2.97. The van der Waals surface area contributed by atoms with E-state index < -0.39 is 17.0 Å². The van der Waals surface area contributed by atoms with Gasteiger partial charge in [-0.1, -0.05) is 11.8 Å². The summed E-state index contributed by atoms with van der Waals surface area (Å²) in [6, 6.07) is 0. The van der Waals surface area contributed by atoms with Gasteiger partial charge in [0.25, 0.3) is 5.56 Å². The molecule has 0 saturated carbocycles. The smallest absolute Gasteiger partial charge is 0.332 e. The number of carbonyl (C=O) groups excluding carboxylic acids is 1. The van der Waals surface area contributed by atoms with Crippen molar-refractivity contribution in [2.45, 2.75) is 5.03 Å². The van der Waals surface area contributed by atoms with Gasteiger partial charge in [-0.3, -0.25) is 18.7 Å². The minimum absolute atomic E-state index is 0.109. The first kappa shape index (κ1) is 17.5. The van der Waals surface area contributed by atoms with E-state index in [-0.39, 0.29) is 17.1 Å². The molecule has 0 spiro atoms. The molecule has 10 nitrogen and oxygen atoms in total. The summed E-state index contributed by atoms with van der Waals surface area (Å²) in [5, 5.41) is 3.21. The molecule has 24 heavy (non-hydrogen) atoms. The lowest BCUT2D eigenvalue weighted by Gasteiger charge is -2.11. The van der Waals surface area contributed by atoms with E-state index >= 15 is 0 Å². The van der Waals surface area contributed by atoms with Crippen molar-refractivity contribution in [3.05, 3.63) is 32.7 Å². The van der Waals surface area contributed by atoms with Gasteiger partial charge in [-0.2, -0.15) is 0 Å². The number of aromatic nitrogens is 4. The molecule has 0 unspecified atom stereocenters. The fourth-order valence-electron chi connectivity index (χ4n) is 2.02. The summed E-state index contributed by atoms with van der Waals surface area (Å²) in [5.74, 6) is -0.349. The molecule has 0 bridgehead atoms. The van der Waals surface area contributed by atoms with Gasteiger partial charge in [0.1, 0.15) is 28.4 Å². The van der Waals surface area contributed by atoms with Crippen LogP contribution in [0.15, 0.2) is 20.9 Å². The molecule has 2 rings (SSSR count). The summed E-state index contributed by atoms with van der Waals surface area (Å²) < 4.78 is 1.89. The Morgan fingerprint density at radius 1 is 1.25 bits per heavy atom. The highest BCUT2D eigenvalue weighted by atomic mass is 32.2. The third-order valence-electron chi connectivity index (χ3n) is 3.41. The summed E-state index contributed by atoms with van der Waals surface area (Å²) in [5.41, 5.74) is 10.4. The van der Waals surface area contributed by atoms with Gasteiger partial charge in [-0.05, 0) is 0 Å². The van der Waals surface area contributed by atoms with Gasteiger partial charge in [0.15, 0.2) is 11.6 Å². The molecule has 0 aromatic carbocycles. The van der Waals surface area contributed by atoms with Crippen LogP contribution in [0.3, 0.4) is 0 Å². The fourth-order valence-corrected chi connectivity index (χ4v) is 2.81. The number of Topliss-reactive ketones (excluding diaryl/α,β-unsaturated/α-hetero) is 1. The number of anilines is 3. The number of rotatable bonds is 5. The summed E-state index contributed by atoms with van der Waals surface area (Å²) in [6.45, 7) is 0. The molecule has 128 valence electrons. The van der Waals surface area contributed by atoms with E-state index in [0.29, 0.717) is 16.5 Å². The van der Waals surface area contributed by atoms with Crippen LogP contribution in [0.5, 0.6) is 0 Å². The molecule has 0 aliphatic heterocycles. The first-order valence-electron chi connectivity index (χ1n) is 6.79. The van der Waals surface area contributed by atoms with Crippen molar-refractivity contribution in [2.24, 2.45) is 14.1 Å². The number of hydrogen-bond acceptors (Lipinski definition) is 9. The van der Waals surface area contributed by atoms with Crippen LogP contribution in [-0.4, -0.2) is 37.7 Å². The molecule has 2 aromatic heterocycles. The number of ketones is 1. The number of carbonyl (C=O) groups is 1. The largest absolute Gasteiger partial charge is 0.394 e. The van der Waals surface area contributed by atoms with Crippen LogP contribution < -0.4 is 28.0 Å². The average Bonchev–Trinajstić information content (AvgIpc) is 2.57. The number of nitrogens with one attached hydrogen (secondary N) is 1. The van der Waals surface area contributed by atoms with Crippen LogP contribution in [-0.2, 0) is 14.1 Å². The van der Waals surface area contributed by atoms with Crippen LogP contribution in [0.1, 0.15) is 10.4 Å². The highest BCUT2D eigenvalue weighted by molar-refractivity contribution is 8.00. The number of nitrogens with zero attached hydrogens (tertiary/aromatic N) is 4. The van der Waals surface area contributed by atoms with Crippen molar-refractivity contribution in [1.29, 1.82) is 0 Å². The van der Waals surface area contributed by atoms with Gasteiger partial charge < -0.3 is 16.8 Å². The molecule has 0 aliphatic rings. The van der Waals surface area contributed by atoms with Gasteiger partial charge >= 0.3 is 5.69 Å². The van der Waals surface area contributed by atoms with Crippen LogP contribution >= 0.6 is 11.8 Å². The van der Waals surface area contributed by atoms with Crippen LogP contribution in [0.4, 0.5) is 17.3 Å². The third-order valence-corrected chi connectivity index (χ3v) is 4.42. The Hall–Kier alpha value is -2.82. The Balaban J connectivity index is 2.33. The Kier molecular flexibility index (Phi) is 4.93. The molecule has 0 atom stereocenters. The summed E-state index contributed by atoms with van der Waals surface area (Å²) >= 11 is 1.06. The maximum absolute atomic E-state index is 12.4. The second-order valence-electron chi connectivity index (χ2n) is 4.87. The SMILES string of the molecule is CNc1ncnc(SCC(=O)c2c(N)n(C)c(=O)n(C)c2=O)c1N. The first-order valence-corrected chi connectivity index (χ1v) is 7.77. The van der Waals surface area contributed by atoms with Gasteiger partial charge in [0.05, 0.1) is 5.75 Å². The molecular weight excluding hydrogens is 334 g/mol. The van der Waals surface area contributed by atoms with Crippen molar-refractivity contribution < 1.29 is 4.79 Å². The van der Waals surface area contributed by atoms with Crippen molar-refractivity contribution in [3.8, 4) is 0 Å². The molecule has 5 N–H and O–H groups in total. The lowest BCUT2D eigenvalue weighted by molar-refractivity contribution is 0.102. The lowest BCUT2D eigenvalue weighted by Crippen LogP contribution is -2.41. The predicted octanol–water partition coefficient (Wildman–Crippen LogP) is -0.945. The highest BCUT2D eigenvalue weighted by Crippen LogP contribution is 2.27. The summed E-state index contributed by atoms with van der Waals surface area (Å²) in [7, 11) is 4.34. The molecule has 2 heterocycles. The monoisotopic (exact) mass is 351 g/mol. The summed E-state index contributed by atoms with van der Waals surface area (Å²) in [4.78, 5) is 44.3. The van der Waals surface area contributed by atoms with E-state index in [1.54, 1.807) is 7.05 Å². The molecule has 0 amide bonds. The molecule has 0 saturated heterocycles. The van der Waals surface area contributed by atoms with Crippen molar-refractivity contribution in [2.75, 3.05) is 29.6 Å². The Bertz CT molecular complexity index is 919. The maximum Gasteiger partial charge on any atom is 0.332 e. The molecule has 2 aromatic rings. The molecule has 11 heteroatoms. The predicted molar refractivity (Wildman–Crippen MR) is 92.4 cm³/mol. The van der Waals surface area contributed by atoms with Gasteiger partial charge in [-0.15, -0.1) is 0 Å². The zero-order chi connectivity index (χ0) is 18.0. The van der Waals surface area contributed by atoms with E-state index in [2.05, 4.69) is 15.3 Å². The Morgan fingerprint density at radius 2 is 1.92 bits per heavy atom. The standard InChI is InChI=1S/C13H17N7O3S/c1-16-10-8(14)11(18-5-17-10)24-4-6(21)7-9(15)19(2)13(23)20(3)12(7)22/h5H,4,14-15H2,1-3H3,(H,16,17,18). The quantitative estimate of drug-likeness (QED) is 0.352. The highest BCUT2D eigenvalue weighted by Gasteiger charge is 2.21. The Morgan fingerprint density at radius 3 is 2.54 bits per heavy atom. The number of nitrogen functional groups attached to an aromatic ring is 2. The fraction of sp³-hybridized carbons (Fsp3) is 0.308. The van der Waals surface area contributed by atoms with E-state index in [1.165, 1.54) is 20.4 Å². The number of nitrogens with two attached hydrogens (primary N) is 2.